The molecule has 2 rings (SSSR count). The van der Waals surface area contributed by atoms with E-state index in [2.05, 4.69) is 24.1 Å². The van der Waals surface area contributed by atoms with Crippen LogP contribution in [0, 0.1) is 12.8 Å². The molecule has 0 bridgehead atoms. The van der Waals surface area contributed by atoms with E-state index < -0.39 is 0 Å². The van der Waals surface area contributed by atoms with Crippen molar-refractivity contribution in [1.29, 1.82) is 0 Å². The number of likely N-dealkylation sites (tertiary alicyclic amines) is 1. The minimum Gasteiger partial charge on any atom is -0.370 e. The molecule has 1 unspecified atom stereocenters. The lowest BCUT2D eigenvalue weighted by Crippen LogP contribution is -2.38. The Morgan fingerprint density at radius 2 is 2.25 bits per heavy atom. The van der Waals surface area contributed by atoms with Crippen molar-refractivity contribution in [2.24, 2.45) is 5.92 Å². The second-order valence-corrected chi connectivity index (χ2v) is 5.86. The lowest BCUT2D eigenvalue weighted by atomic mass is 10.0. The van der Waals surface area contributed by atoms with E-state index in [0.29, 0.717) is 12.0 Å². The number of rotatable bonds is 4. The van der Waals surface area contributed by atoms with E-state index in [-0.39, 0.29) is 5.91 Å². The van der Waals surface area contributed by atoms with Gasteiger partial charge in [0.1, 0.15) is 5.82 Å². The number of anilines is 1. The normalized spacial score (nSPS) is 18.6. The van der Waals surface area contributed by atoms with Crippen molar-refractivity contribution >= 4 is 11.7 Å². The van der Waals surface area contributed by atoms with Gasteiger partial charge < -0.3 is 10.2 Å². The van der Waals surface area contributed by atoms with E-state index in [1.165, 1.54) is 0 Å². The Hall–Kier alpha value is -1.58. The van der Waals surface area contributed by atoms with Crippen molar-refractivity contribution in [2.75, 3.05) is 18.4 Å². The van der Waals surface area contributed by atoms with E-state index in [1.807, 2.05) is 30.9 Å². The largest absolute Gasteiger partial charge is 0.370 e. The summed E-state index contributed by atoms with van der Waals surface area (Å²) in [5, 5.41) is 3.19. The lowest BCUT2D eigenvalue weighted by molar-refractivity contribution is 0.0701. The molecular formula is C16H25N3O. The Labute approximate surface area is 121 Å². The Morgan fingerprint density at radius 3 is 2.90 bits per heavy atom. The van der Waals surface area contributed by atoms with Crippen LogP contribution in [0.4, 0.5) is 5.82 Å². The third-order valence-corrected chi connectivity index (χ3v) is 3.89. The topological polar surface area (TPSA) is 45.2 Å². The highest BCUT2D eigenvalue weighted by molar-refractivity contribution is 5.95. The molecule has 0 spiro atoms. The maximum Gasteiger partial charge on any atom is 0.254 e. The Kier molecular flexibility index (Phi) is 4.63. The first-order chi connectivity index (χ1) is 9.52. The molecule has 20 heavy (non-hydrogen) atoms. The fourth-order valence-electron chi connectivity index (χ4n) is 2.97. The minimum absolute atomic E-state index is 0.144. The molecule has 1 amide bonds. The van der Waals surface area contributed by atoms with Gasteiger partial charge in [0.15, 0.2) is 0 Å². The molecule has 4 heteroatoms. The zero-order valence-electron chi connectivity index (χ0n) is 12.9. The Bertz CT molecular complexity index is 485. The van der Waals surface area contributed by atoms with Gasteiger partial charge in [-0.05, 0) is 44.7 Å². The number of aromatic nitrogens is 1. The highest BCUT2D eigenvalue weighted by atomic mass is 16.2. The van der Waals surface area contributed by atoms with Gasteiger partial charge in [-0.1, -0.05) is 13.8 Å². The van der Waals surface area contributed by atoms with Crippen LogP contribution in [0.2, 0.25) is 0 Å². The summed E-state index contributed by atoms with van der Waals surface area (Å²) in [6.07, 6.45) is 2.23. The van der Waals surface area contributed by atoms with Crippen LogP contribution < -0.4 is 5.32 Å². The highest BCUT2D eigenvalue weighted by Gasteiger charge is 2.31. The standard InChI is InChI=1S/C16H25N3O/c1-5-17-15-10-13(9-12(4)18-15)16(20)19-8-6-7-14(19)11(2)3/h9-11,14H,5-8H2,1-4H3,(H,17,18). The smallest absolute Gasteiger partial charge is 0.254 e. The molecule has 1 N–H and O–H groups in total. The van der Waals surface area contributed by atoms with Crippen LogP contribution in [-0.2, 0) is 0 Å². The van der Waals surface area contributed by atoms with Crippen LogP contribution in [-0.4, -0.2) is 34.9 Å². The summed E-state index contributed by atoms with van der Waals surface area (Å²) in [7, 11) is 0. The first kappa shape index (κ1) is 14.8. The van der Waals surface area contributed by atoms with Gasteiger partial charge in [0.2, 0.25) is 0 Å². The van der Waals surface area contributed by atoms with Crippen LogP contribution in [0.3, 0.4) is 0 Å². The molecule has 1 aliphatic heterocycles. The van der Waals surface area contributed by atoms with Gasteiger partial charge >= 0.3 is 0 Å². The summed E-state index contributed by atoms with van der Waals surface area (Å²) in [6.45, 7) is 10.0. The first-order valence-corrected chi connectivity index (χ1v) is 7.56. The average molecular weight is 275 g/mol. The van der Waals surface area contributed by atoms with E-state index in [0.717, 1.165) is 43.0 Å². The number of nitrogens with zero attached hydrogens (tertiary/aromatic N) is 2. The third kappa shape index (κ3) is 3.11. The molecule has 0 aliphatic carbocycles. The van der Waals surface area contributed by atoms with Crippen LogP contribution in [0.5, 0.6) is 0 Å². The van der Waals surface area contributed by atoms with Crippen molar-refractivity contribution in [3.8, 4) is 0 Å². The van der Waals surface area contributed by atoms with Crippen molar-refractivity contribution < 1.29 is 4.79 Å². The number of aryl methyl sites for hydroxylation is 1. The van der Waals surface area contributed by atoms with Crippen LogP contribution in [0.15, 0.2) is 12.1 Å². The molecule has 0 radical (unpaired) electrons. The second kappa shape index (κ2) is 6.25. The zero-order chi connectivity index (χ0) is 14.7. The summed E-state index contributed by atoms with van der Waals surface area (Å²) in [4.78, 5) is 19.2. The molecule has 0 saturated carbocycles. The first-order valence-electron chi connectivity index (χ1n) is 7.56. The van der Waals surface area contributed by atoms with Gasteiger partial charge in [0, 0.05) is 30.4 Å². The van der Waals surface area contributed by atoms with Gasteiger partial charge in [-0.3, -0.25) is 4.79 Å². The van der Waals surface area contributed by atoms with Gasteiger partial charge in [-0.25, -0.2) is 4.98 Å². The number of carbonyl (C=O) groups excluding carboxylic acids is 1. The molecule has 1 aromatic heterocycles. The molecule has 1 atom stereocenters. The van der Waals surface area contributed by atoms with E-state index in [4.69, 9.17) is 0 Å². The maximum absolute atomic E-state index is 12.7. The SMILES string of the molecule is CCNc1cc(C(=O)N2CCCC2C(C)C)cc(C)n1. The van der Waals surface area contributed by atoms with E-state index in [1.54, 1.807) is 0 Å². The van der Waals surface area contributed by atoms with E-state index in [9.17, 15) is 4.79 Å². The number of pyridine rings is 1. The maximum atomic E-state index is 12.7. The molecule has 4 nitrogen and oxygen atoms in total. The summed E-state index contributed by atoms with van der Waals surface area (Å²) >= 11 is 0. The average Bonchev–Trinajstić information content (AvgIpc) is 2.86. The molecule has 2 heterocycles. The Morgan fingerprint density at radius 1 is 1.50 bits per heavy atom. The summed E-state index contributed by atoms with van der Waals surface area (Å²) in [5.74, 6) is 1.44. The number of hydrogen-bond acceptors (Lipinski definition) is 3. The van der Waals surface area contributed by atoms with E-state index >= 15 is 0 Å². The quantitative estimate of drug-likeness (QED) is 0.918. The Balaban J connectivity index is 2.24. The fraction of sp³-hybridized carbons (Fsp3) is 0.625. The van der Waals surface area contributed by atoms with Crippen LogP contribution in [0.25, 0.3) is 0 Å². The number of hydrogen-bond donors (Lipinski definition) is 1. The number of carbonyl (C=O) groups is 1. The molecule has 110 valence electrons. The van der Waals surface area contributed by atoms with Crippen LogP contribution in [0.1, 0.15) is 49.7 Å². The second-order valence-electron chi connectivity index (χ2n) is 5.86. The van der Waals surface area contributed by atoms with Gasteiger partial charge in [-0.15, -0.1) is 0 Å². The lowest BCUT2D eigenvalue weighted by Gasteiger charge is -2.28. The summed E-state index contributed by atoms with van der Waals surface area (Å²) < 4.78 is 0. The molecule has 1 saturated heterocycles. The summed E-state index contributed by atoms with van der Waals surface area (Å²) in [6, 6.07) is 4.13. The summed E-state index contributed by atoms with van der Waals surface area (Å²) in [5.41, 5.74) is 1.63. The van der Waals surface area contributed by atoms with Crippen LogP contribution >= 0.6 is 0 Å². The van der Waals surface area contributed by atoms with Crippen molar-refractivity contribution in [3.63, 3.8) is 0 Å². The van der Waals surface area contributed by atoms with Crippen molar-refractivity contribution in [1.82, 2.24) is 9.88 Å². The molecular weight excluding hydrogens is 250 g/mol. The number of amides is 1. The predicted octanol–water partition coefficient (Wildman–Crippen LogP) is 3.08. The highest BCUT2D eigenvalue weighted by Crippen LogP contribution is 2.26. The predicted molar refractivity (Wildman–Crippen MR) is 82.0 cm³/mol. The van der Waals surface area contributed by atoms with Gasteiger partial charge in [-0.2, -0.15) is 0 Å². The van der Waals surface area contributed by atoms with Gasteiger partial charge in [0.05, 0.1) is 0 Å². The minimum atomic E-state index is 0.144. The molecule has 1 aromatic rings. The monoisotopic (exact) mass is 275 g/mol. The van der Waals surface area contributed by atoms with Crippen molar-refractivity contribution in [3.05, 3.63) is 23.4 Å². The zero-order valence-corrected chi connectivity index (χ0v) is 12.9. The van der Waals surface area contributed by atoms with Crippen molar-refractivity contribution in [2.45, 2.75) is 46.6 Å². The number of nitrogens with one attached hydrogen (secondary N) is 1. The molecule has 1 aliphatic rings. The van der Waals surface area contributed by atoms with Gasteiger partial charge in [0.25, 0.3) is 5.91 Å². The fourth-order valence-corrected chi connectivity index (χ4v) is 2.97. The molecule has 1 fully saturated rings. The third-order valence-electron chi connectivity index (χ3n) is 3.89. The molecule has 0 aromatic carbocycles.